The van der Waals surface area contributed by atoms with E-state index < -0.39 is 4.92 Å². The van der Waals surface area contributed by atoms with E-state index in [0.717, 1.165) is 25.7 Å². The van der Waals surface area contributed by atoms with Crippen molar-refractivity contribution in [3.8, 4) is 0 Å². The van der Waals surface area contributed by atoms with Crippen LogP contribution in [-0.2, 0) is 0 Å². The lowest BCUT2D eigenvalue weighted by atomic mass is 9.86. The van der Waals surface area contributed by atoms with Crippen molar-refractivity contribution in [3.05, 3.63) is 38.9 Å². The molecule has 0 unspecified atom stereocenters. The van der Waals surface area contributed by atoms with Crippen LogP contribution >= 0.6 is 11.6 Å². The lowest BCUT2D eigenvalue weighted by Gasteiger charge is -2.28. The van der Waals surface area contributed by atoms with Gasteiger partial charge in [0.25, 0.3) is 11.6 Å². The Bertz CT molecular complexity index is 542. The first-order valence-corrected chi connectivity index (χ1v) is 7.24. The highest BCUT2D eigenvalue weighted by atomic mass is 35.5. The zero-order valence-corrected chi connectivity index (χ0v) is 12.2. The summed E-state index contributed by atoms with van der Waals surface area (Å²) in [4.78, 5) is 22.2. The molecular weight excluding hydrogens is 296 g/mol. The van der Waals surface area contributed by atoms with E-state index in [1.54, 1.807) is 0 Å². The normalized spacial score (nSPS) is 21.8. The second kappa shape index (κ2) is 6.87. The number of nitro groups is 1. The van der Waals surface area contributed by atoms with Crippen LogP contribution in [-0.4, -0.2) is 28.6 Å². The predicted octanol–water partition coefficient (Wildman–Crippen LogP) is 2.53. The lowest BCUT2D eigenvalue weighted by Crippen LogP contribution is -2.38. The van der Waals surface area contributed by atoms with Gasteiger partial charge >= 0.3 is 0 Å². The second-order valence-corrected chi connectivity index (χ2v) is 5.70. The third kappa shape index (κ3) is 3.92. The molecule has 0 spiro atoms. The van der Waals surface area contributed by atoms with Crippen LogP contribution in [0.3, 0.4) is 0 Å². The van der Waals surface area contributed by atoms with Gasteiger partial charge in [-0.2, -0.15) is 0 Å². The van der Waals surface area contributed by atoms with Crippen molar-refractivity contribution in [1.82, 2.24) is 5.32 Å². The van der Waals surface area contributed by atoms with Gasteiger partial charge in [0.2, 0.25) is 0 Å². The highest BCUT2D eigenvalue weighted by Crippen LogP contribution is 2.25. The van der Waals surface area contributed by atoms with E-state index in [1.807, 2.05) is 0 Å². The van der Waals surface area contributed by atoms with Crippen LogP contribution < -0.4 is 5.32 Å². The van der Waals surface area contributed by atoms with Gasteiger partial charge in [0.05, 0.1) is 15.5 Å². The summed E-state index contributed by atoms with van der Waals surface area (Å²) in [5, 5.41) is 22.7. The zero-order valence-electron chi connectivity index (χ0n) is 11.4. The number of carbonyl (C=O) groups excluding carboxylic acids is 1. The van der Waals surface area contributed by atoms with Crippen molar-refractivity contribution in [2.24, 2.45) is 5.92 Å². The maximum atomic E-state index is 12.2. The van der Waals surface area contributed by atoms with Gasteiger partial charge in [0.1, 0.15) is 0 Å². The maximum Gasteiger partial charge on any atom is 0.270 e. The summed E-state index contributed by atoms with van der Waals surface area (Å²) in [5.74, 6) is 0.00320. The molecule has 0 bridgehead atoms. The third-order valence-corrected chi connectivity index (χ3v) is 4.16. The number of hydrogen-bond donors (Lipinski definition) is 2. The molecule has 1 aromatic carbocycles. The summed E-state index contributed by atoms with van der Waals surface area (Å²) >= 11 is 5.93. The van der Waals surface area contributed by atoms with Gasteiger partial charge in [-0.15, -0.1) is 0 Å². The molecule has 0 aliphatic heterocycles. The monoisotopic (exact) mass is 312 g/mol. The average Bonchev–Trinajstić information content (AvgIpc) is 2.47. The standard InChI is InChI=1S/C14H17ClN2O4/c15-13-7-11(17(20)21)5-6-12(13)14(19)16-10-3-1-9(8-18)2-4-10/h5-7,9-10,18H,1-4,8H2,(H,16,19). The molecular formula is C14H17ClN2O4. The first-order chi connectivity index (χ1) is 10.0. The van der Waals surface area contributed by atoms with E-state index in [2.05, 4.69) is 5.32 Å². The number of aliphatic hydroxyl groups excluding tert-OH is 1. The number of non-ortho nitro benzene ring substituents is 1. The topological polar surface area (TPSA) is 92.5 Å². The fourth-order valence-electron chi connectivity index (χ4n) is 2.55. The number of nitro benzene ring substituents is 1. The van der Waals surface area contributed by atoms with Crippen molar-refractivity contribution in [2.75, 3.05) is 6.61 Å². The Morgan fingerprint density at radius 3 is 2.57 bits per heavy atom. The first kappa shape index (κ1) is 15.7. The lowest BCUT2D eigenvalue weighted by molar-refractivity contribution is -0.384. The molecule has 21 heavy (non-hydrogen) atoms. The number of nitrogens with zero attached hydrogens (tertiary/aromatic N) is 1. The molecule has 0 heterocycles. The van der Waals surface area contributed by atoms with Gasteiger partial charge in [-0.3, -0.25) is 14.9 Å². The van der Waals surface area contributed by atoms with Crippen molar-refractivity contribution in [2.45, 2.75) is 31.7 Å². The van der Waals surface area contributed by atoms with E-state index >= 15 is 0 Å². The molecule has 0 aromatic heterocycles. The molecule has 114 valence electrons. The van der Waals surface area contributed by atoms with Crippen LogP contribution in [0.15, 0.2) is 18.2 Å². The molecule has 6 nitrogen and oxygen atoms in total. The summed E-state index contributed by atoms with van der Waals surface area (Å²) in [6, 6.07) is 3.88. The van der Waals surface area contributed by atoms with E-state index in [4.69, 9.17) is 16.7 Å². The fourth-order valence-corrected chi connectivity index (χ4v) is 2.81. The molecule has 2 N–H and O–H groups in total. The van der Waals surface area contributed by atoms with Gasteiger partial charge in [-0.05, 0) is 37.7 Å². The number of rotatable bonds is 4. The van der Waals surface area contributed by atoms with Gasteiger partial charge in [0, 0.05) is 24.8 Å². The molecule has 1 aliphatic carbocycles. The number of halogens is 1. The summed E-state index contributed by atoms with van der Waals surface area (Å²) in [5.41, 5.74) is 0.103. The van der Waals surface area contributed by atoms with Gasteiger partial charge < -0.3 is 10.4 Å². The minimum Gasteiger partial charge on any atom is -0.396 e. The highest BCUT2D eigenvalue weighted by Gasteiger charge is 2.23. The Labute approximate surface area is 127 Å². The van der Waals surface area contributed by atoms with Crippen molar-refractivity contribution >= 4 is 23.2 Å². The molecule has 0 saturated heterocycles. The van der Waals surface area contributed by atoms with Crippen molar-refractivity contribution in [3.63, 3.8) is 0 Å². The molecule has 0 radical (unpaired) electrons. The number of nitrogens with one attached hydrogen (secondary N) is 1. The molecule has 2 rings (SSSR count). The molecule has 1 amide bonds. The largest absolute Gasteiger partial charge is 0.396 e. The maximum absolute atomic E-state index is 12.2. The smallest absolute Gasteiger partial charge is 0.270 e. The Morgan fingerprint density at radius 1 is 1.38 bits per heavy atom. The fraction of sp³-hybridized carbons (Fsp3) is 0.500. The summed E-state index contributed by atoms with van der Waals surface area (Å²) < 4.78 is 0. The van der Waals surface area contributed by atoms with E-state index in [-0.39, 0.29) is 34.8 Å². The SMILES string of the molecule is O=C(NC1CCC(CO)CC1)c1ccc([N+](=O)[O-])cc1Cl. The molecule has 0 atom stereocenters. The minimum atomic E-state index is -0.552. The number of aliphatic hydroxyl groups is 1. The van der Waals surface area contributed by atoms with Gasteiger partial charge in [-0.25, -0.2) is 0 Å². The average molecular weight is 313 g/mol. The molecule has 1 saturated carbocycles. The molecule has 1 aliphatic rings. The van der Waals surface area contributed by atoms with Crippen molar-refractivity contribution < 1.29 is 14.8 Å². The Morgan fingerprint density at radius 2 is 2.05 bits per heavy atom. The summed E-state index contributed by atoms with van der Waals surface area (Å²) in [7, 11) is 0. The van der Waals surface area contributed by atoms with Crippen LogP contribution in [0, 0.1) is 16.0 Å². The number of carbonyl (C=O) groups is 1. The van der Waals surface area contributed by atoms with Crippen LogP contribution in [0.25, 0.3) is 0 Å². The van der Waals surface area contributed by atoms with Crippen LogP contribution in [0.5, 0.6) is 0 Å². The Balaban J connectivity index is 1.99. The van der Waals surface area contributed by atoms with Crippen LogP contribution in [0.2, 0.25) is 5.02 Å². The number of benzene rings is 1. The minimum absolute atomic E-state index is 0.0616. The Hall–Kier alpha value is -1.66. The third-order valence-electron chi connectivity index (χ3n) is 3.85. The first-order valence-electron chi connectivity index (χ1n) is 6.87. The number of amides is 1. The second-order valence-electron chi connectivity index (χ2n) is 5.29. The predicted molar refractivity (Wildman–Crippen MR) is 78.4 cm³/mol. The van der Waals surface area contributed by atoms with Crippen LogP contribution in [0.4, 0.5) is 5.69 Å². The van der Waals surface area contributed by atoms with Crippen molar-refractivity contribution in [1.29, 1.82) is 0 Å². The number of hydrogen-bond acceptors (Lipinski definition) is 4. The molecule has 1 aromatic rings. The van der Waals surface area contributed by atoms with E-state index in [9.17, 15) is 14.9 Å². The highest BCUT2D eigenvalue weighted by molar-refractivity contribution is 6.34. The Kier molecular flexibility index (Phi) is 5.14. The van der Waals surface area contributed by atoms with E-state index in [1.165, 1.54) is 18.2 Å². The molecule has 7 heteroatoms. The van der Waals surface area contributed by atoms with Gasteiger partial charge in [0.15, 0.2) is 0 Å². The molecule has 1 fully saturated rings. The van der Waals surface area contributed by atoms with E-state index in [0.29, 0.717) is 5.92 Å². The summed E-state index contributed by atoms with van der Waals surface area (Å²) in [6.07, 6.45) is 3.41. The quantitative estimate of drug-likeness (QED) is 0.660. The van der Waals surface area contributed by atoms with Crippen LogP contribution in [0.1, 0.15) is 36.0 Å². The summed E-state index contributed by atoms with van der Waals surface area (Å²) in [6.45, 7) is 0.189. The van der Waals surface area contributed by atoms with Gasteiger partial charge in [-0.1, -0.05) is 11.6 Å². The zero-order chi connectivity index (χ0) is 15.4.